The number of rotatable bonds is 9. The van der Waals surface area contributed by atoms with Crippen LogP contribution >= 0.6 is 0 Å². The lowest BCUT2D eigenvalue weighted by Crippen LogP contribution is -2.39. The molecular formula is C38H48N4O5. The number of nitrogens with zero attached hydrogens (tertiary/aromatic N) is 4. The summed E-state index contributed by atoms with van der Waals surface area (Å²) in [5, 5.41) is 20.4. The molecule has 0 aliphatic carbocycles. The predicted octanol–water partition coefficient (Wildman–Crippen LogP) is 7.48. The van der Waals surface area contributed by atoms with Crippen LogP contribution in [-0.2, 0) is 35.4 Å². The van der Waals surface area contributed by atoms with Gasteiger partial charge in [-0.15, -0.1) is 5.10 Å². The number of hydrogen-bond donors (Lipinski definition) is 1. The highest BCUT2D eigenvalue weighted by atomic mass is 16.6. The summed E-state index contributed by atoms with van der Waals surface area (Å²) in [5.41, 5.74) is 7.16. The summed E-state index contributed by atoms with van der Waals surface area (Å²) >= 11 is 0. The van der Waals surface area contributed by atoms with Gasteiger partial charge in [-0.1, -0.05) is 48.0 Å². The van der Waals surface area contributed by atoms with Gasteiger partial charge >= 0.3 is 12.1 Å². The van der Waals surface area contributed by atoms with Gasteiger partial charge in [0.25, 0.3) is 0 Å². The summed E-state index contributed by atoms with van der Waals surface area (Å²) < 4.78 is 13.0. The number of aliphatic hydroxyl groups excluding tert-OH is 1. The van der Waals surface area contributed by atoms with Crippen LogP contribution in [0.4, 0.5) is 4.79 Å². The SMILES string of the molecule is Cc1c(C(O)c2ccc3c(c2)CN(C(=O)OC(C)(C)C)CC3)ccc2c1nnn2CCCCCc1ccc(C(=O)OC(C)(C)C)cc1. The second kappa shape index (κ2) is 13.9. The molecule has 0 radical (unpaired) electrons. The predicted molar refractivity (Wildman–Crippen MR) is 182 cm³/mol. The highest BCUT2D eigenvalue weighted by molar-refractivity contribution is 5.89. The number of carbonyl (C=O) groups is 2. The molecule has 1 amide bonds. The van der Waals surface area contributed by atoms with Crippen molar-refractivity contribution in [3.05, 3.63) is 93.5 Å². The van der Waals surface area contributed by atoms with E-state index in [9.17, 15) is 14.7 Å². The van der Waals surface area contributed by atoms with Crippen LogP contribution < -0.4 is 0 Å². The Hall–Kier alpha value is -4.24. The van der Waals surface area contributed by atoms with Crippen molar-refractivity contribution in [2.24, 2.45) is 0 Å². The molecule has 250 valence electrons. The number of amides is 1. The number of fused-ring (bicyclic) bond motifs is 2. The van der Waals surface area contributed by atoms with Crippen molar-refractivity contribution >= 4 is 23.1 Å². The van der Waals surface area contributed by atoms with Crippen molar-refractivity contribution in [2.75, 3.05) is 6.54 Å². The first-order valence-electron chi connectivity index (χ1n) is 16.6. The normalized spacial score (nSPS) is 14.2. The average Bonchev–Trinajstić information content (AvgIpc) is 3.42. The fraction of sp³-hybridized carbons (Fsp3) is 0.474. The van der Waals surface area contributed by atoms with E-state index in [4.69, 9.17) is 9.47 Å². The lowest BCUT2D eigenvalue weighted by Gasteiger charge is -2.31. The molecule has 1 N–H and O–H groups in total. The molecule has 0 saturated heterocycles. The first-order valence-corrected chi connectivity index (χ1v) is 16.6. The molecule has 0 bridgehead atoms. The van der Waals surface area contributed by atoms with Gasteiger partial charge in [0.15, 0.2) is 0 Å². The molecular weight excluding hydrogens is 592 g/mol. The molecule has 1 aromatic heterocycles. The van der Waals surface area contributed by atoms with Crippen molar-refractivity contribution in [3.63, 3.8) is 0 Å². The zero-order valence-corrected chi connectivity index (χ0v) is 28.8. The third kappa shape index (κ3) is 8.57. The Kier molecular flexibility index (Phi) is 10.1. The van der Waals surface area contributed by atoms with Crippen molar-refractivity contribution in [2.45, 2.75) is 111 Å². The van der Waals surface area contributed by atoms with Crippen molar-refractivity contribution in [1.29, 1.82) is 0 Å². The van der Waals surface area contributed by atoms with Gasteiger partial charge in [0.2, 0.25) is 0 Å². The second-order valence-corrected chi connectivity index (χ2v) is 14.6. The molecule has 0 spiro atoms. The summed E-state index contributed by atoms with van der Waals surface area (Å²) in [6.07, 6.45) is 3.58. The zero-order valence-electron chi connectivity index (χ0n) is 28.8. The number of unbranched alkanes of at least 4 members (excludes halogenated alkanes) is 2. The minimum atomic E-state index is -0.829. The monoisotopic (exact) mass is 640 g/mol. The Bertz CT molecular complexity index is 1730. The number of ether oxygens (including phenoxy) is 2. The second-order valence-electron chi connectivity index (χ2n) is 14.6. The third-order valence-electron chi connectivity index (χ3n) is 8.41. The Morgan fingerprint density at radius 1 is 0.894 bits per heavy atom. The van der Waals surface area contributed by atoms with Crippen LogP contribution in [-0.4, -0.2) is 54.8 Å². The first-order chi connectivity index (χ1) is 22.2. The lowest BCUT2D eigenvalue weighted by atomic mass is 9.92. The van der Waals surface area contributed by atoms with Gasteiger partial charge in [0.05, 0.1) is 11.1 Å². The molecule has 2 heterocycles. The number of esters is 1. The summed E-state index contributed by atoms with van der Waals surface area (Å²) in [7, 11) is 0. The Labute approximate surface area is 277 Å². The fourth-order valence-corrected chi connectivity index (χ4v) is 5.97. The topological polar surface area (TPSA) is 107 Å². The Morgan fingerprint density at radius 3 is 2.32 bits per heavy atom. The van der Waals surface area contributed by atoms with Gasteiger partial charge in [-0.2, -0.15) is 0 Å². The summed E-state index contributed by atoms with van der Waals surface area (Å²) in [5.74, 6) is -0.298. The van der Waals surface area contributed by atoms with Crippen LogP contribution in [0.15, 0.2) is 54.6 Å². The average molecular weight is 641 g/mol. The number of aliphatic hydroxyl groups is 1. The minimum absolute atomic E-state index is 0.298. The van der Waals surface area contributed by atoms with E-state index in [1.54, 1.807) is 4.90 Å². The summed E-state index contributed by atoms with van der Waals surface area (Å²) in [4.78, 5) is 26.7. The number of hydrogen-bond acceptors (Lipinski definition) is 7. The molecule has 3 aromatic carbocycles. The quantitative estimate of drug-likeness (QED) is 0.149. The maximum atomic E-state index is 12.7. The maximum Gasteiger partial charge on any atom is 0.410 e. The van der Waals surface area contributed by atoms with E-state index in [1.165, 1.54) is 11.1 Å². The van der Waals surface area contributed by atoms with Gasteiger partial charge < -0.3 is 19.5 Å². The van der Waals surface area contributed by atoms with E-state index in [0.29, 0.717) is 18.7 Å². The van der Waals surface area contributed by atoms with E-state index < -0.39 is 17.3 Å². The molecule has 0 saturated carbocycles. The van der Waals surface area contributed by atoms with Crippen LogP contribution in [0, 0.1) is 6.92 Å². The van der Waals surface area contributed by atoms with Gasteiger partial charge in [-0.25, -0.2) is 14.3 Å². The van der Waals surface area contributed by atoms with E-state index in [1.807, 2.05) is 102 Å². The van der Waals surface area contributed by atoms with Crippen LogP contribution in [0.1, 0.15) is 111 Å². The van der Waals surface area contributed by atoms with E-state index >= 15 is 0 Å². The van der Waals surface area contributed by atoms with E-state index in [-0.39, 0.29) is 12.1 Å². The number of aryl methyl sites for hydroxylation is 3. The van der Waals surface area contributed by atoms with Crippen molar-refractivity contribution < 1.29 is 24.2 Å². The molecule has 9 heteroatoms. The van der Waals surface area contributed by atoms with Crippen LogP contribution in [0.5, 0.6) is 0 Å². The zero-order chi connectivity index (χ0) is 33.9. The first kappa shape index (κ1) is 34.1. The molecule has 9 nitrogen and oxygen atoms in total. The van der Waals surface area contributed by atoms with Gasteiger partial charge in [0.1, 0.15) is 22.8 Å². The van der Waals surface area contributed by atoms with Crippen LogP contribution in [0.2, 0.25) is 0 Å². The highest BCUT2D eigenvalue weighted by Gasteiger charge is 2.27. The largest absolute Gasteiger partial charge is 0.456 e. The van der Waals surface area contributed by atoms with Gasteiger partial charge in [0, 0.05) is 19.6 Å². The molecule has 47 heavy (non-hydrogen) atoms. The lowest BCUT2D eigenvalue weighted by molar-refractivity contribution is 0.00686. The van der Waals surface area contributed by atoms with Crippen LogP contribution in [0.25, 0.3) is 11.0 Å². The molecule has 5 rings (SSSR count). The molecule has 1 aliphatic heterocycles. The highest BCUT2D eigenvalue weighted by Crippen LogP contribution is 2.32. The molecule has 1 unspecified atom stereocenters. The summed E-state index contributed by atoms with van der Waals surface area (Å²) in [6.45, 7) is 15.0. The maximum absolute atomic E-state index is 12.7. The minimum Gasteiger partial charge on any atom is -0.456 e. The molecule has 1 atom stereocenters. The number of aromatic nitrogens is 3. The fourth-order valence-electron chi connectivity index (χ4n) is 5.97. The molecule has 0 fully saturated rings. The smallest absolute Gasteiger partial charge is 0.410 e. The van der Waals surface area contributed by atoms with Crippen LogP contribution in [0.3, 0.4) is 0 Å². The molecule has 1 aliphatic rings. The Balaban J connectivity index is 1.17. The van der Waals surface area contributed by atoms with Crippen molar-refractivity contribution in [3.8, 4) is 0 Å². The molecule has 4 aromatic rings. The van der Waals surface area contributed by atoms with E-state index in [0.717, 1.165) is 71.9 Å². The van der Waals surface area contributed by atoms with Gasteiger partial charge in [-0.05, 0) is 126 Å². The van der Waals surface area contributed by atoms with E-state index in [2.05, 4.69) is 16.4 Å². The standard InChI is InChI=1S/C38H48N4O5/c1-25-31(34(43)29-17-16-27-20-22-41(24-30(27)23-29)36(45)47-38(5,6)7)18-19-32-33(25)39-40-42(32)21-10-8-9-11-26-12-14-28(15-13-26)35(44)46-37(2,3)4/h12-19,23,34,43H,8-11,20-22,24H2,1-7H3. The van der Waals surface area contributed by atoms with Gasteiger partial charge in [-0.3, -0.25) is 0 Å². The number of carbonyl (C=O) groups excluding carboxylic acids is 2. The Morgan fingerprint density at radius 2 is 1.62 bits per heavy atom. The number of benzene rings is 3. The van der Waals surface area contributed by atoms with Crippen molar-refractivity contribution in [1.82, 2.24) is 19.9 Å². The summed E-state index contributed by atoms with van der Waals surface area (Å²) in [6, 6.07) is 17.7. The third-order valence-corrected chi connectivity index (χ3v) is 8.41.